The SMILES string of the molecule is CC1=CC[C@@H](C(C)(Cl)CC(F)(F)F)CC1=O. The summed E-state index contributed by atoms with van der Waals surface area (Å²) in [5, 5.41) is 0. The molecule has 1 aliphatic rings. The van der Waals surface area contributed by atoms with Crippen LogP contribution < -0.4 is 0 Å². The smallest absolute Gasteiger partial charge is 0.295 e. The average Bonchev–Trinajstić information content (AvgIpc) is 2.05. The Kier molecular flexibility index (Phi) is 3.72. The number of ketones is 1. The van der Waals surface area contributed by atoms with Gasteiger partial charge in [-0.1, -0.05) is 6.08 Å². The van der Waals surface area contributed by atoms with Crippen LogP contribution in [-0.2, 0) is 4.79 Å². The standard InChI is InChI=1S/C11H14ClF3O/c1-7-3-4-8(5-9(7)16)10(2,12)6-11(13,14)15/h3,8H,4-6H2,1-2H3/t8-,10?/m1/s1. The zero-order chi connectivity index (χ0) is 12.6. The molecule has 2 atom stereocenters. The lowest BCUT2D eigenvalue weighted by Crippen LogP contribution is -2.36. The Morgan fingerprint density at radius 3 is 2.50 bits per heavy atom. The maximum atomic E-state index is 12.3. The summed E-state index contributed by atoms with van der Waals surface area (Å²) in [6, 6.07) is 0. The zero-order valence-corrected chi connectivity index (χ0v) is 9.95. The predicted molar refractivity (Wildman–Crippen MR) is 56.4 cm³/mol. The van der Waals surface area contributed by atoms with Crippen LogP contribution in [-0.4, -0.2) is 16.8 Å². The molecule has 1 nitrogen and oxygen atoms in total. The van der Waals surface area contributed by atoms with Gasteiger partial charge in [-0.3, -0.25) is 4.79 Å². The molecule has 0 N–H and O–H groups in total. The molecule has 16 heavy (non-hydrogen) atoms. The van der Waals surface area contributed by atoms with Gasteiger partial charge < -0.3 is 0 Å². The molecule has 0 saturated carbocycles. The van der Waals surface area contributed by atoms with Crippen LogP contribution >= 0.6 is 11.6 Å². The number of Topliss-reactive ketones (excluding diaryl/α,β-unsaturated/α-hetero) is 1. The van der Waals surface area contributed by atoms with Gasteiger partial charge in [0.2, 0.25) is 0 Å². The quantitative estimate of drug-likeness (QED) is 0.684. The molecular formula is C11H14ClF3O. The summed E-state index contributed by atoms with van der Waals surface area (Å²) in [5.74, 6) is -0.544. The largest absolute Gasteiger partial charge is 0.390 e. The summed E-state index contributed by atoms with van der Waals surface area (Å²) in [7, 11) is 0. The topological polar surface area (TPSA) is 17.1 Å². The minimum absolute atomic E-state index is 0.106. The van der Waals surface area contributed by atoms with E-state index < -0.39 is 23.4 Å². The van der Waals surface area contributed by atoms with Gasteiger partial charge in [0.15, 0.2) is 5.78 Å². The molecular weight excluding hydrogens is 241 g/mol. The van der Waals surface area contributed by atoms with Crippen LogP contribution in [0.15, 0.2) is 11.6 Å². The van der Waals surface area contributed by atoms with Crippen LogP contribution in [0.1, 0.15) is 33.1 Å². The van der Waals surface area contributed by atoms with E-state index in [2.05, 4.69) is 0 Å². The second-order valence-corrected chi connectivity index (χ2v) is 5.38. The molecule has 0 radical (unpaired) electrons. The Morgan fingerprint density at radius 2 is 2.06 bits per heavy atom. The van der Waals surface area contributed by atoms with E-state index in [4.69, 9.17) is 11.6 Å². The third-order valence-electron chi connectivity index (χ3n) is 2.98. The first-order valence-electron chi connectivity index (χ1n) is 5.07. The molecule has 0 aliphatic heterocycles. The van der Waals surface area contributed by atoms with Crippen LogP contribution in [0, 0.1) is 5.92 Å². The molecule has 0 spiro atoms. The van der Waals surface area contributed by atoms with E-state index in [0.717, 1.165) is 0 Å². The van der Waals surface area contributed by atoms with E-state index in [1.165, 1.54) is 6.92 Å². The minimum atomic E-state index is -4.30. The first kappa shape index (κ1) is 13.6. The number of rotatable bonds is 2. The Labute approximate surface area is 97.7 Å². The van der Waals surface area contributed by atoms with E-state index in [1.807, 2.05) is 0 Å². The van der Waals surface area contributed by atoms with Gasteiger partial charge in [-0.15, -0.1) is 11.6 Å². The van der Waals surface area contributed by atoms with Gasteiger partial charge in [-0.2, -0.15) is 13.2 Å². The number of alkyl halides is 4. The fourth-order valence-corrected chi connectivity index (χ4v) is 2.21. The van der Waals surface area contributed by atoms with Crippen molar-refractivity contribution >= 4 is 17.4 Å². The fourth-order valence-electron chi connectivity index (χ4n) is 1.90. The second kappa shape index (κ2) is 4.40. The lowest BCUT2D eigenvalue weighted by molar-refractivity contribution is -0.144. The maximum absolute atomic E-state index is 12.3. The van der Waals surface area contributed by atoms with Crippen molar-refractivity contribution in [1.29, 1.82) is 0 Å². The summed E-state index contributed by atoms with van der Waals surface area (Å²) in [6.07, 6.45) is -3.14. The van der Waals surface area contributed by atoms with Crippen LogP contribution in [0.2, 0.25) is 0 Å². The van der Waals surface area contributed by atoms with Gasteiger partial charge in [0.05, 0.1) is 11.3 Å². The van der Waals surface area contributed by atoms with E-state index in [1.54, 1.807) is 13.0 Å². The van der Waals surface area contributed by atoms with Gasteiger partial charge >= 0.3 is 6.18 Å². The van der Waals surface area contributed by atoms with Crippen molar-refractivity contribution in [2.45, 2.75) is 44.2 Å². The van der Waals surface area contributed by atoms with Crippen LogP contribution in [0.4, 0.5) is 13.2 Å². The highest BCUT2D eigenvalue weighted by molar-refractivity contribution is 6.24. The van der Waals surface area contributed by atoms with Crippen LogP contribution in [0.5, 0.6) is 0 Å². The number of carbonyl (C=O) groups excluding carboxylic acids is 1. The highest BCUT2D eigenvalue weighted by atomic mass is 35.5. The van der Waals surface area contributed by atoms with Crippen molar-refractivity contribution in [2.75, 3.05) is 0 Å². The van der Waals surface area contributed by atoms with Crippen LogP contribution in [0.3, 0.4) is 0 Å². The third-order valence-corrected chi connectivity index (χ3v) is 3.42. The molecule has 1 aliphatic carbocycles. The molecule has 0 amide bonds. The molecule has 1 unspecified atom stereocenters. The van der Waals surface area contributed by atoms with Gasteiger partial charge in [0, 0.05) is 6.42 Å². The van der Waals surface area contributed by atoms with Crippen LogP contribution in [0.25, 0.3) is 0 Å². The normalized spacial score (nSPS) is 26.2. The Hall–Kier alpha value is -0.510. The summed E-state index contributed by atoms with van der Waals surface area (Å²) < 4.78 is 36.9. The molecule has 5 heteroatoms. The molecule has 0 aromatic rings. The summed E-state index contributed by atoms with van der Waals surface area (Å²) in [5.41, 5.74) is 0.621. The van der Waals surface area contributed by atoms with Crippen molar-refractivity contribution in [3.05, 3.63) is 11.6 Å². The predicted octanol–water partition coefficient (Wildman–Crippen LogP) is 3.86. The van der Waals surface area contributed by atoms with E-state index in [9.17, 15) is 18.0 Å². The highest BCUT2D eigenvalue weighted by Crippen LogP contribution is 2.42. The van der Waals surface area contributed by atoms with Crippen molar-refractivity contribution in [3.63, 3.8) is 0 Å². The molecule has 0 aromatic carbocycles. The van der Waals surface area contributed by atoms with Crippen molar-refractivity contribution in [2.24, 2.45) is 5.92 Å². The number of carbonyl (C=O) groups is 1. The molecule has 0 aromatic heterocycles. The number of halogens is 4. The molecule has 0 bridgehead atoms. The third kappa shape index (κ3) is 3.51. The Balaban J connectivity index is 2.75. The maximum Gasteiger partial charge on any atom is 0.390 e. The average molecular weight is 255 g/mol. The van der Waals surface area contributed by atoms with Gasteiger partial charge in [0.25, 0.3) is 0 Å². The molecule has 0 heterocycles. The van der Waals surface area contributed by atoms with E-state index >= 15 is 0 Å². The minimum Gasteiger partial charge on any atom is -0.295 e. The first-order valence-corrected chi connectivity index (χ1v) is 5.45. The lowest BCUT2D eigenvalue weighted by atomic mass is 9.79. The summed E-state index contributed by atoms with van der Waals surface area (Å²) >= 11 is 5.91. The number of hydrogen-bond donors (Lipinski definition) is 0. The highest BCUT2D eigenvalue weighted by Gasteiger charge is 2.44. The molecule has 0 fully saturated rings. The van der Waals surface area contributed by atoms with E-state index in [-0.39, 0.29) is 12.2 Å². The number of allylic oxidation sites excluding steroid dienone is 2. The van der Waals surface area contributed by atoms with Gasteiger partial charge in [-0.05, 0) is 31.8 Å². The first-order chi connectivity index (χ1) is 7.12. The lowest BCUT2D eigenvalue weighted by Gasteiger charge is -2.33. The molecule has 92 valence electrons. The molecule has 0 saturated heterocycles. The van der Waals surface area contributed by atoms with Gasteiger partial charge in [-0.25, -0.2) is 0 Å². The number of hydrogen-bond acceptors (Lipinski definition) is 1. The second-order valence-electron chi connectivity index (χ2n) is 4.52. The summed E-state index contributed by atoms with van der Waals surface area (Å²) in [6.45, 7) is 3.03. The van der Waals surface area contributed by atoms with Gasteiger partial charge in [0.1, 0.15) is 0 Å². The molecule has 1 rings (SSSR count). The Morgan fingerprint density at radius 1 is 1.50 bits per heavy atom. The zero-order valence-electron chi connectivity index (χ0n) is 9.20. The monoisotopic (exact) mass is 254 g/mol. The van der Waals surface area contributed by atoms with Crippen molar-refractivity contribution in [1.82, 2.24) is 0 Å². The Bertz CT molecular complexity index is 318. The van der Waals surface area contributed by atoms with E-state index in [0.29, 0.717) is 12.0 Å². The van der Waals surface area contributed by atoms with Crippen molar-refractivity contribution < 1.29 is 18.0 Å². The fraction of sp³-hybridized carbons (Fsp3) is 0.727. The van der Waals surface area contributed by atoms with Crippen molar-refractivity contribution in [3.8, 4) is 0 Å². The summed E-state index contributed by atoms with van der Waals surface area (Å²) in [4.78, 5) is 10.0.